The molecule has 1 fully saturated rings. The highest BCUT2D eigenvalue weighted by Gasteiger charge is 2.36. The van der Waals surface area contributed by atoms with E-state index < -0.39 is 0 Å². The number of amides is 1. The first-order valence-corrected chi connectivity index (χ1v) is 6.56. The third-order valence-electron chi connectivity index (χ3n) is 3.66. The number of rotatable bonds is 4. The Morgan fingerprint density at radius 3 is 2.79 bits per heavy atom. The van der Waals surface area contributed by atoms with Crippen LogP contribution in [0.2, 0.25) is 5.15 Å². The quantitative estimate of drug-likeness (QED) is 0.872. The number of aromatic nitrogens is 2. The van der Waals surface area contributed by atoms with E-state index in [1.807, 2.05) is 11.8 Å². The Balaban J connectivity index is 2.19. The van der Waals surface area contributed by atoms with Crippen LogP contribution in [0, 0.1) is 6.92 Å². The number of carbonyl (C=O) groups is 1. The summed E-state index contributed by atoms with van der Waals surface area (Å²) in [6.45, 7) is 3.14. The third-order valence-corrected chi connectivity index (χ3v) is 4.13. The molecular weight excluding hydrogens is 268 g/mol. The van der Waals surface area contributed by atoms with E-state index in [1.165, 1.54) is 0 Å². The third kappa shape index (κ3) is 2.75. The molecule has 1 aliphatic heterocycles. The first-order valence-electron chi connectivity index (χ1n) is 6.18. The summed E-state index contributed by atoms with van der Waals surface area (Å²) < 4.78 is 6.96. The van der Waals surface area contributed by atoms with Gasteiger partial charge in [-0.2, -0.15) is 5.10 Å². The normalized spacial score (nSPS) is 24.0. The lowest BCUT2D eigenvalue weighted by molar-refractivity contribution is -0.122. The first kappa shape index (κ1) is 14.3. The number of halogens is 1. The topological polar surface area (TPSA) is 73.4 Å². The van der Waals surface area contributed by atoms with Gasteiger partial charge in [0.05, 0.1) is 17.8 Å². The molecule has 0 unspecified atom stereocenters. The number of primary amides is 1. The van der Waals surface area contributed by atoms with Gasteiger partial charge >= 0.3 is 0 Å². The summed E-state index contributed by atoms with van der Waals surface area (Å²) in [5.41, 5.74) is 7.26. The Kier molecular flexibility index (Phi) is 4.13. The van der Waals surface area contributed by atoms with E-state index in [2.05, 4.69) is 5.10 Å². The average molecular weight is 287 g/mol. The van der Waals surface area contributed by atoms with E-state index >= 15 is 0 Å². The fourth-order valence-corrected chi connectivity index (χ4v) is 2.79. The lowest BCUT2D eigenvalue weighted by Gasteiger charge is -2.21. The summed E-state index contributed by atoms with van der Waals surface area (Å²) in [4.78, 5) is 13.5. The molecule has 0 bridgehead atoms. The second kappa shape index (κ2) is 5.48. The Morgan fingerprint density at radius 1 is 1.63 bits per heavy atom. The number of ether oxygens (including phenoxy) is 1. The Hall–Kier alpha value is -1.11. The molecule has 2 heterocycles. The molecule has 0 saturated carbocycles. The van der Waals surface area contributed by atoms with Gasteiger partial charge in [0, 0.05) is 32.8 Å². The van der Waals surface area contributed by atoms with Crippen molar-refractivity contribution in [2.45, 2.75) is 32.0 Å². The van der Waals surface area contributed by atoms with Crippen molar-refractivity contribution in [2.24, 2.45) is 12.8 Å². The highest BCUT2D eigenvalue weighted by molar-refractivity contribution is 6.30. The van der Waals surface area contributed by atoms with Gasteiger partial charge in [-0.15, -0.1) is 0 Å². The largest absolute Gasteiger partial charge is 0.380 e. The molecule has 7 heteroatoms. The number of nitrogens with zero attached hydrogens (tertiary/aromatic N) is 3. The maximum atomic E-state index is 11.5. The standard InChI is InChI=1S/C12H19ClN4O2/c1-7-9(11(13)16(2)15-7)6-17-5-8(19-3)4-10(17)12(14)18/h8,10H,4-6H2,1-3H3,(H2,14,18)/t8-,10-/m0/s1. The maximum absolute atomic E-state index is 11.5. The average Bonchev–Trinajstić information content (AvgIpc) is 2.86. The minimum Gasteiger partial charge on any atom is -0.380 e. The van der Waals surface area contributed by atoms with Gasteiger partial charge < -0.3 is 10.5 Å². The summed E-state index contributed by atoms with van der Waals surface area (Å²) in [5.74, 6) is -0.322. The van der Waals surface area contributed by atoms with Crippen LogP contribution in [0.5, 0.6) is 0 Å². The molecule has 2 atom stereocenters. The van der Waals surface area contributed by atoms with Crippen LogP contribution in [0.15, 0.2) is 0 Å². The van der Waals surface area contributed by atoms with E-state index in [4.69, 9.17) is 22.1 Å². The summed E-state index contributed by atoms with van der Waals surface area (Å²) in [5, 5.41) is 4.87. The maximum Gasteiger partial charge on any atom is 0.234 e. The molecule has 1 saturated heterocycles. The monoisotopic (exact) mass is 286 g/mol. The molecule has 106 valence electrons. The van der Waals surface area contributed by atoms with Crippen LogP contribution in [0.3, 0.4) is 0 Å². The van der Waals surface area contributed by atoms with Crippen LogP contribution in [-0.4, -0.2) is 46.4 Å². The molecule has 0 radical (unpaired) electrons. The van der Waals surface area contributed by atoms with Crippen LogP contribution < -0.4 is 5.73 Å². The van der Waals surface area contributed by atoms with Crippen molar-refractivity contribution in [1.29, 1.82) is 0 Å². The molecular formula is C12H19ClN4O2. The molecule has 2 rings (SSSR count). The first-order chi connectivity index (χ1) is 8.93. The number of likely N-dealkylation sites (tertiary alicyclic amines) is 1. The SMILES string of the molecule is CO[C@H]1C[C@@H](C(N)=O)N(Cc2c(C)nn(C)c2Cl)C1. The van der Waals surface area contributed by atoms with Gasteiger partial charge in [0.2, 0.25) is 5.91 Å². The van der Waals surface area contributed by atoms with E-state index in [1.54, 1.807) is 18.8 Å². The number of hydrogen-bond donors (Lipinski definition) is 1. The molecule has 19 heavy (non-hydrogen) atoms. The summed E-state index contributed by atoms with van der Waals surface area (Å²) in [7, 11) is 3.45. The van der Waals surface area contributed by atoms with Crippen molar-refractivity contribution < 1.29 is 9.53 Å². The summed E-state index contributed by atoms with van der Waals surface area (Å²) >= 11 is 6.22. The zero-order chi connectivity index (χ0) is 14.2. The summed E-state index contributed by atoms with van der Waals surface area (Å²) in [6, 6.07) is -0.305. The van der Waals surface area contributed by atoms with E-state index in [0.717, 1.165) is 11.3 Å². The van der Waals surface area contributed by atoms with Crippen LogP contribution in [-0.2, 0) is 23.1 Å². The molecule has 1 amide bonds. The predicted molar refractivity (Wildman–Crippen MR) is 71.8 cm³/mol. The number of carbonyl (C=O) groups excluding carboxylic acids is 1. The molecule has 1 aromatic rings. The molecule has 0 aromatic carbocycles. The summed E-state index contributed by atoms with van der Waals surface area (Å²) in [6.07, 6.45) is 0.663. The predicted octanol–water partition coefficient (Wildman–Crippen LogP) is 0.457. The van der Waals surface area contributed by atoms with Crippen LogP contribution in [0.25, 0.3) is 0 Å². The molecule has 2 N–H and O–H groups in total. The number of aryl methyl sites for hydroxylation is 2. The molecule has 6 nitrogen and oxygen atoms in total. The van der Waals surface area contributed by atoms with Gasteiger partial charge in [-0.25, -0.2) is 0 Å². The second-order valence-corrected chi connectivity index (χ2v) is 5.28. The van der Waals surface area contributed by atoms with Crippen molar-refractivity contribution in [1.82, 2.24) is 14.7 Å². The van der Waals surface area contributed by atoms with Gasteiger partial charge in [0.15, 0.2) is 0 Å². The molecule has 0 spiro atoms. The zero-order valence-electron chi connectivity index (χ0n) is 11.4. The van der Waals surface area contributed by atoms with Crippen molar-refractivity contribution in [3.8, 4) is 0 Å². The van der Waals surface area contributed by atoms with E-state index in [0.29, 0.717) is 24.7 Å². The lowest BCUT2D eigenvalue weighted by atomic mass is 10.2. The van der Waals surface area contributed by atoms with Crippen molar-refractivity contribution in [2.75, 3.05) is 13.7 Å². The number of nitrogens with two attached hydrogens (primary N) is 1. The van der Waals surface area contributed by atoms with Crippen molar-refractivity contribution >= 4 is 17.5 Å². The van der Waals surface area contributed by atoms with Gasteiger partial charge in [0.1, 0.15) is 5.15 Å². The minimum absolute atomic E-state index is 0.0354. The highest BCUT2D eigenvalue weighted by atomic mass is 35.5. The van der Waals surface area contributed by atoms with E-state index in [9.17, 15) is 4.79 Å². The number of methoxy groups -OCH3 is 1. The van der Waals surface area contributed by atoms with Crippen LogP contribution in [0.1, 0.15) is 17.7 Å². The smallest absolute Gasteiger partial charge is 0.234 e. The Bertz CT molecular complexity index is 488. The van der Waals surface area contributed by atoms with Gasteiger partial charge in [-0.1, -0.05) is 11.6 Å². The fraction of sp³-hybridized carbons (Fsp3) is 0.667. The minimum atomic E-state index is -0.322. The van der Waals surface area contributed by atoms with Crippen molar-refractivity contribution in [3.05, 3.63) is 16.4 Å². The van der Waals surface area contributed by atoms with E-state index in [-0.39, 0.29) is 18.1 Å². The Labute approximate surface area is 117 Å². The molecule has 0 aliphatic carbocycles. The molecule has 1 aromatic heterocycles. The fourth-order valence-electron chi connectivity index (χ4n) is 2.56. The zero-order valence-corrected chi connectivity index (χ0v) is 12.1. The second-order valence-electron chi connectivity index (χ2n) is 4.92. The van der Waals surface area contributed by atoms with Gasteiger partial charge in [0.25, 0.3) is 0 Å². The lowest BCUT2D eigenvalue weighted by Crippen LogP contribution is -2.39. The van der Waals surface area contributed by atoms with Crippen LogP contribution >= 0.6 is 11.6 Å². The van der Waals surface area contributed by atoms with Crippen LogP contribution in [0.4, 0.5) is 0 Å². The highest BCUT2D eigenvalue weighted by Crippen LogP contribution is 2.26. The van der Waals surface area contributed by atoms with Gasteiger partial charge in [-0.3, -0.25) is 14.4 Å². The Morgan fingerprint density at radius 2 is 2.32 bits per heavy atom. The number of hydrogen-bond acceptors (Lipinski definition) is 4. The van der Waals surface area contributed by atoms with Gasteiger partial charge in [-0.05, 0) is 13.3 Å². The van der Waals surface area contributed by atoms with Crippen molar-refractivity contribution in [3.63, 3.8) is 0 Å². The molecule has 1 aliphatic rings.